The van der Waals surface area contributed by atoms with Crippen molar-refractivity contribution in [2.45, 2.75) is 30.8 Å². The first-order valence-electron chi connectivity index (χ1n) is 15.4. The molecule has 0 aliphatic rings. The molecule has 2 amide bonds. The predicted molar refractivity (Wildman–Crippen MR) is 191 cm³/mol. The summed E-state index contributed by atoms with van der Waals surface area (Å²) in [7, 11) is 1.20. The van der Waals surface area contributed by atoms with Crippen LogP contribution in [0.4, 0.5) is 5.69 Å². The van der Waals surface area contributed by atoms with E-state index < -0.39 is 28.5 Å². The molecule has 260 valence electrons. The van der Waals surface area contributed by atoms with Crippen molar-refractivity contribution in [3.63, 3.8) is 0 Å². The van der Waals surface area contributed by atoms with Crippen molar-refractivity contribution in [3.05, 3.63) is 107 Å². The van der Waals surface area contributed by atoms with Crippen LogP contribution in [-0.4, -0.2) is 72.7 Å². The first-order valence-corrected chi connectivity index (χ1v) is 17.6. The van der Waals surface area contributed by atoms with E-state index in [9.17, 15) is 18.0 Å². The van der Waals surface area contributed by atoms with Crippen molar-refractivity contribution >= 4 is 43.5 Å². The van der Waals surface area contributed by atoms with Gasteiger partial charge in [0.2, 0.25) is 11.8 Å². The van der Waals surface area contributed by atoms with Gasteiger partial charge in [-0.2, -0.15) is 0 Å². The molecule has 13 heteroatoms. The van der Waals surface area contributed by atoms with Gasteiger partial charge in [-0.25, -0.2) is 8.42 Å². The Balaban J connectivity index is 1.89. The number of rotatable bonds is 16. The smallest absolute Gasteiger partial charge is 0.265 e. The second kappa shape index (κ2) is 17.1. The first kappa shape index (κ1) is 37.1. The summed E-state index contributed by atoms with van der Waals surface area (Å²) in [6.45, 7) is 1.47. The molecule has 0 radical (unpaired) electrons. The van der Waals surface area contributed by atoms with Crippen molar-refractivity contribution < 1.29 is 37.0 Å². The Morgan fingerprint density at radius 1 is 0.776 bits per heavy atom. The average Bonchev–Trinajstić information content (AvgIpc) is 3.11. The van der Waals surface area contributed by atoms with Crippen LogP contribution in [0.5, 0.6) is 23.0 Å². The molecule has 49 heavy (non-hydrogen) atoms. The molecular formula is C36H40BrN3O8S. The Kier molecular flexibility index (Phi) is 12.9. The Hall–Kier alpha value is -4.75. The number of anilines is 1. The molecule has 0 heterocycles. The first-order chi connectivity index (χ1) is 23.6. The van der Waals surface area contributed by atoms with Gasteiger partial charge in [0.05, 0.1) is 39.0 Å². The number of methoxy groups -OCH3 is 4. The summed E-state index contributed by atoms with van der Waals surface area (Å²) in [5.41, 5.74) is 1.62. The number of likely N-dealkylation sites (N-methyl/N-ethyl adjacent to an activating group) is 1. The van der Waals surface area contributed by atoms with E-state index in [1.54, 1.807) is 19.1 Å². The molecule has 0 unspecified atom stereocenters. The largest absolute Gasteiger partial charge is 0.497 e. The second-order valence-electron chi connectivity index (χ2n) is 10.8. The van der Waals surface area contributed by atoms with E-state index in [4.69, 9.17) is 18.9 Å². The number of sulfonamides is 1. The third-order valence-electron chi connectivity index (χ3n) is 7.74. The summed E-state index contributed by atoms with van der Waals surface area (Å²) < 4.78 is 52.7. The lowest BCUT2D eigenvalue weighted by Gasteiger charge is -2.34. The molecule has 0 saturated carbocycles. The fourth-order valence-electron chi connectivity index (χ4n) is 5.29. The van der Waals surface area contributed by atoms with Gasteiger partial charge in [-0.1, -0.05) is 58.4 Å². The standard InChI is InChI=1S/C36H40BrN3O8S/c1-6-38-36(42)31(20-25-11-8-7-9-12-25)39(23-26-13-10-14-27(37)19-26)35(41)24-40(30-21-28(45-2)15-17-32(30)46-3)49(43,44)29-16-18-33(47-4)34(22-29)48-5/h7-19,21-22,31H,6,20,23-24H2,1-5H3,(H,38,42)/t31-/m1/s1. The van der Waals surface area contributed by atoms with Crippen LogP contribution in [0.2, 0.25) is 0 Å². The highest BCUT2D eigenvalue weighted by Crippen LogP contribution is 2.38. The van der Waals surface area contributed by atoms with Crippen LogP contribution in [0.3, 0.4) is 0 Å². The highest BCUT2D eigenvalue weighted by atomic mass is 79.9. The molecule has 0 bridgehead atoms. The summed E-state index contributed by atoms with van der Waals surface area (Å²) in [4.78, 5) is 29.7. The molecule has 0 fully saturated rings. The average molecular weight is 755 g/mol. The lowest BCUT2D eigenvalue weighted by molar-refractivity contribution is -0.140. The number of carbonyl (C=O) groups excluding carboxylic acids is 2. The van der Waals surface area contributed by atoms with Gasteiger partial charge in [-0.05, 0) is 54.4 Å². The summed E-state index contributed by atoms with van der Waals surface area (Å²) in [6.07, 6.45) is 0.192. The zero-order valence-corrected chi connectivity index (χ0v) is 30.4. The third kappa shape index (κ3) is 9.04. The van der Waals surface area contributed by atoms with Crippen LogP contribution in [0.15, 0.2) is 100 Å². The molecule has 4 aromatic rings. The highest BCUT2D eigenvalue weighted by Gasteiger charge is 2.36. The number of nitrogens with zero attached hydrogens (tertiary/aromatic N) is 2. The molecule has 4 aromatic carbocycles. The zero-order chi connectivity index (χ0) is 35.6. The molecule has 0 aliphatic carbocycles. The molecule has 0 spiro atoms. The Labute approximate surface area is 295 Å². The van der Waals surface area contributed by atoms with E-state index in [-0.39, 0.29) is 41.0 Å². The van der Waals surface area contributed by atoms with Crippen LogP contribution in [-0.2, 0) is 32.6 Å². The highest BCUT2D eigenvalue weighted by molar-refractivity contribution is 9.10. The van der Waals surface area contributed by atoms with Gasteiger partial charge in [-0.15, -0.1) is 0 Å². The Morgan fingerprint density at radius 2 is 1.45 bits per heavy atom. The second-order valence-corrected chi connectivity index (χ2v) is 13.6. The number of halogens is 1. The molecular weight excluding hydrogens is 714 g/mol. The number of amides is 2. The van der Waals surface area contributed by atoms with Crippen LogP contribution in [0.25, 0.3) is 0 Å². The predicted octanol–water partition coefficient (Wildman–Crippen LogP) is 5.46. The SMILES string of the molecule is CCNC(=O)[C@@H](Cc1ccccc1)N(Cc1cccc(Br)c1)C(=O)CN(c1cc(OC)ccc1OC)S(=O)(=O)c1ccc(OC)c(OC)c1. The van der Waals surface area contributed by atoms with Crippen LogP contribution in [0, 0.1) is 0 Å². The molecule has 4 rings (SSSR count). The number of benzene rings is 4. The van der Waals surface area contributed by atoms with Crippen molar-refractivity contribution in [1.29, 1.82) is 0 Å². The normalized spacial score (nSPS) is 11.6. The van der Waals surface area contributed by atoms with Gasteiger partial charge >= 0.3 is 0 Å². The van der Waals surface area contributed by atoms with Crippen LogP contribution < -0.4 is 28.6 Å². The summed E-state index contributed by atoms with van der Waals surface area (Å²) in [6, 6.07) is 24.6. The Morgan fingerprint density at radius 3 is 2.08 bits per heavy atom. The minimum atomic E-state index is -4.49. The van der Waals surface area contributed by atoms with Crippen molar-refractivity contribution in [1.82, 2.24) is 10.2 Å². The fraction of sp³-hybridized carbons (Fsp3) is 0.278. The molecule has 1 N–H and O–H groups in total. The van der Waals surface area contributed by atoms with Crippen molar-refractivity contribution in [2.75, 3.05) is 45.8 Å². The Bertz CT molecular complexity index is 1860. The molecule has 1 atom stereocenters. The monoisotopic (exact) mass is 753 g/mol. The summed E-state index contributed by atoms with van der Waals surface area (Å²) >= 11 is 3.49. The van der Waals surface area contributed by atoms with Gasteiger partial charge in [-0.3, -0.25) is 13.9 Å². The lowest BCUT2D eigenvalue weighted by Crippen LogP contribution is -2.53. The molecule has 0 saturated heterocycles. The maximum Gasteiger partial charge on any atom is 0.265 e. The van der Waals surface area contributed by atoms with Crippen LogP contribution >= 0.6 is 15.9 Å². The fourth-order valence-corrected chi connectivity index (χ4v) is 7.17. The number of carbonyl (C=O) groups is 2. The van der Waals surface area contributed by atoms with E-state index in [1.165, 1.54) is 57.6 Å². The van der Waals surface area contributed by atoms with E-state index in [0.29, 0.717) is 18.0 Å². The van der Waals surface area contributed by atoms with Gasteiger partial charge in [0.1, 0.15) is 24.1 Å². The van der Waals surface area contributed by atoms with E-state index >= 15 is 0 Å². The summed E-state index contributed by atoms with van der Waals surface area (Å²) in [5, 5.41) is 2.86. The third-order valence-corrected chi connectivity index (χ3v) is 9.99. The van der Waals surface area contributed by atoms with Crippen molar-refractivity contribution in [2.24, 2.45) is 0 Å². The number of hydrogen-bond acceptors (Lipinski definition) is 8. The number of hydrogen-bond donors (Lipinski definition) is 1. The van der Waals surface area contributed by atoms with Gasteiger partial charge in [0, 0.05) is 36.1 Å². The van der Waals surface area contributed by atoms with Gasteiger partial charge in [0.15, 0.2) is 11.5 Å². The summed E-state index contributed by atoms with van der Waals surface area (Å²) in [5.74, 6) is 0.0349. The molecule has 11 nitrogen and oxygen atoms in total. The molecule has 0 aliphatic heterocycles. The molecule has 0 aromatic heterocycles. The maximum absolute atomic E-state index is 14.7. The maximum atomic E-state index is 14.7. The quantitative estimate of drug-likeness (QED) is 0.160. The van der Waals surface area contributed by atoms with Gasteiger partial charge < -0.3 is 29.2 Å². The lowest BCUT2D eigenvalue weighted by atomic mass is 10.0. The van der Waals surface area contributed by atoms with Gasteiger partial charge in [0.25, 0.3) is 10.0 Å². The number of ether oxygens (including phenoxy) is 4. The van der Waals surface area contributed by atoms with E-state index in [0.717, 1.165) is 19.9 Å². The minimum Gasteiger partial charge on any atom is -0.497 e. The zero-order valence-electron chi connectivity index (χ0n) is 28.0. The van der Waals surface area contributed by atoms with Crippen molar-refractivity contribution in [3.8, 4) is 23.0 Å². The number of nitrogens with one attached hydrogen (secondary N) is 1. The topological polar surface area (TPSA) is 124 Å². The van der Waals surface area contributed by atoms with E-state index in [1.807, 2.05) is 54.6 Å². The van der Waals surface area contributed by atoms with Crippen LogP contribution in [0.1, 0.15) is 18.1 Å². The minimum absolute atomic E-state index is 0.0202. The van der Waals surface area contributed by atoms with E-state index in [2.05, 4.69) is 21.2 Å².